The van der Waals surface area contributed by atoms with Crippen molar-refractivity contribution in [1.82, 2.24) is 10.5 Å². The molecule has 9 heteroatoms. The molecule has 2 aromatic rings. The number of hydrogen-bond acceptors (Lipinski definition) is 6. The fraction of sp³-hybridized carbons (Fsp3) is 0.353. The Morgan fingerprint density at radius 3 is 2.69 bits per heavy atom. The van der Waals surface area contributed by atoms with Gasteiger partial charge in [-0.2, -0.15) is 0 Å². The van der Waals surface area contributed by atoms with Gasteiger partial charge in [-0.1, -0.05) is 11.2 Å². The van der Waals surface area contributed by atoms with Crippen LogP contribution in [-0.2, 0) is 15.3 Å². The molecule has 1 heterocycles. The second kappa shape index (κ2) is 8.70. The maximum Gasteiger partial charge on any atom is 0.330 e. The Kier molecular flexibility index (Phi) is 6.62. The predicted molar refractivity (Wildman–Crippen MR) is 93.6 cm³/mol. The Labute approximate surface area is 153 Å². The number of aryl methyl sites for hydroxylation is 2. The molecule has 2 rings (SSSR count). The average molecular weight is 382 g/mol. The van der Waals surface area contributed by atoms with E-state index < -0.39 is 23.7 Å². The number of methoxy groups -OCH3 is 1. The molecule has 0 bridgehead atoms. The first-order chi connectivity index (χ1) is 12.3. The molecule has 1 aromatic heterocycles. The molecule has 0 radical (unpaired) electrons. The van der Waals surface area contributed by atoms with Crippen LogP contribution in [0.15, 0.2) is 22.7 Å². The zero-order valence-electron chi connectivity index (χ0n) is 14.5. The van der Waals surface area contributed by atoms with Crippen molar-refractivity contribution in [2.75, 3.05) is 12.9 Å². The lowest BCUT2D eigenvalue weighted by molar-refractivity contribution is -0.141. The summed E-state index contributed by atoms with van der Waals surface area (Å²) in [6.45, 7) is 3.60. The van der Waals surface area contributed by atoms with E-state index >= 15 is 0 Å². The molecule has 0 saturated carbocycles. The molecule has 0 aliphatic heterocycles. The molecule has 2 N–H and O–H groups in total. The van der Waals surface area contributed by atoms with Crippen LogP contribution in [0.1, 0.15) is 28.6 Å². The van der Waals surface area contributed by atoms with Gasteiger partial charge in [0.25, 0.3) is 0 Å². The van der Waals surface area contributed by atoms with E-state index in [1.165, 1.54) is 31.0 Å². The molecule has 7 nitrogen and oxygen atoms in total. The largest absolute Gasteiger partial charge is 0.494 e. The van der Waals surface area contributed by atoms with Crippen molar-refractivity contribution >= 4 is 23.6 Å². The molecule has 1 atom stereocenters. The van der Waals surface area contributed by atoms with Crippen molar-refractivity contribution in [2.24, 2.45) is 0 Å². The lowest BCUT2D eigenvalue weighted by Gasteiger charge is -2.15. The van der Waals surface area contributed by atoms with E-state index in [1.54, 1.807) is 6.92 Å². The number of aromatic nitrogens is 1. The molecular weight excluding hydrogens is 363 g/mol. The van der Waals surface area contributed by atoms with Gasteiger partial charge < -0.3 is 19.7 Å². The van der Waals surface area contributed by atoms with Gasteiger partial charge >= 0.3 is 5.97 Å². The summed E-state index contributed by atoms with van der Waals surface area (Å²) in [5, 5.41) is 15.6. The maximum atomic E-state index is 13.8. The van der Waals surface area contributed by atoms with E-state index in [0.717, 1.165) is 17.3 Å². The van der Waals surface area contributed by atoms with Gasteiger partial charge in [-0.25, -0.2) is 9.18 Å². The van der Waals surface area contributed by atoms with Gasteiger partial charge in [-0.3, -0.25) is 4.79 Å². The number of nitrogens with one attached hydrogen (secondary N) is 1. The number of aliphatic carboxylic acids is 1. The molecule has 1 aromatic carbocycles. The fourth-order valence-electron chi connectivity index (χ4n) is 2.31. The smallest absolute Gasteiger partial charge is 0.330 e. The van der Waals surface area contributed by atoms with Crippen LogP contribution in [-0.4, -0.2) is 35.0 Å². The van der Waals surface area contributed by atoms with Crippen LogP contribution in [0.3, 0.4) is 0 Å². The number of ether oxygens (including phenoxy) is 1. The summed E-state index contributed by atoms with van der Waals surface area (Å²) < 4.78 is 23.7. The van der Waals surface area contributed by atoms with Gasteiger partial charge in [-0.05, 0) is 31.5 Å². The van der Waals surface area contributed by atoms with Gasteiger partial charge in [-0.15, -0.1) is 11.8 Å². The lowest BCUT2D eigenvalue weighted by Crippen LogP contribution is -2.35. The highest BCUT2D eigenvalue weighted by Crippen LogP contribution is 2.23. The highest BCUT2D eigenvalue weighted by molar-refractivity contribution is 7.99. The first kappa shape index (κ1) is 19.8. The summed E-state index contributed by atoms with van der Waals surface area (Å²) in [7, 11) is 1.31. The molecule has 1 amide bonds. The molecule has 0 fully saturated rings. The van der Waals surface area contributed by atoms with E-state index in [2.05, 4.69) is 10.5 Å². The second-order valence-electron chi connectivity index (χ2n) is 5.53. The molecule has 1 unspecified atom stereocenters. The van der Waals surface area contributed by atoms with Gasteiger partial charge in [0.05, 0.1) is 18.6 Å². The van der Waals surface area contributed by atoms with E-state index in [4.69, 9.17) is 9.26 Å². The van der Waals surface area contributed by atoms with E-state index in [1.807, 2.05) is 6.92 Å². The number of carbonyl (C=O) groups is 2. The second-order valence-corrected chi connectivity index (χ2v) is 6.51. The van der Waals surface area contributed by atoms with Gasteiger partial charge in [0, 0.05) is 11.3 Å². The average Bonchev–Trinajstić information content (AvgIpc) is 2.91. The highest BCUT2D eigenvalue weighted by Gasteiger charge is 2.23. The number of carboxylic acids is 1. The minimum atomic E-state index is -1.34. The van der Waals surface area contributed by atoms with Crippen molar-refractivity contribution < 1.29 is 28.3 Å². The molecule has 0 saturated heterocycles. The van der Waals surface area contributed by atoms with E-state index in [-0.39, 0.29) is 17.1 Å². The predicted octanol–water partition coefficient (Wildman–Crippen LogP) is 2.61. The Hall–Kier alpha value is -2.55. The number of hydrogen-bond donors (Lipinski definition) is 2. The SMILES string of the molecule is COc1ccc(C(NC(=O)CSCc2c(C)noc2C)C(=O)O)cc1F. The van der Waals surface area contributed by atoms with E-state index in [0.29, 0.717) is 11.5 Å². The van der Waals surface area contributed by atoms with Gasteiger partial charge in [0.2, 0.25) is 5.91 Å². The number of benzene rings is 1. The normalized spacial score (nSPS) is 11.8. The third kappa shape index (κ3) is 4.75. The summed E-state index contributed by atoms with van der Waals surface area (Å²) in [5.74, 6) is -1.19. The number of carboxylic acid groups (broad SMARTS) is 1. The van der Waals surface area contributed by atoms with Crippen LogP contribution in [0.5, 0.6) is 5.75 Å². The summed E-state index contributed by atoms with van der Waals surface area (Å²) >= 11 is 1.31. The number of halogens is 1. The number of nitrogens with zero attached hydrogens (tertiary/aromatic N) is 1. The Bertz CT molecular complexity index is 789. The van der Waals surface area contributed by atoms with Gasteiger partial charge in [0.15, 0.2) is 17.6 Å². The fourth-order valence-corrected chi connectivity index (χ4v) is 3.29. The first-order valence-corrected chi connectivity index (χ1v) is 8.84. The third-order valence-electron chi connectivity index (χ3n) is 3.72. The summed E-state index contributed by atoms with van der Waals surface area (Å²) in [4.78, 5) is 23.5. The Morgan fingerprint density at radius 1 is 1.42 bits per heavy atom. The molecule has 140 valence electrons. The zero-order chi connectivity index (χ0) is 19.3. The van der Waals surface area contributed by atoms with Crippen molar-refractivity contribution in [2.45, 2.75) is 25.6 Å². The monoisotopic (exact) mass is 382 g/mol. The van der Waals surface area contributed by atoms with Crippen molar-refractivity contribution in [1.29, 1.82) is 0 Å². The quantitative estimate of drug-likeness (QED) is 0.723. The molecule has 0 spiro atoms. The minimum Gasteiger partial charge on any atom is -0.494 e. The summed E-state index contributed by atoms with van der Waals surface area (Å²) in [5.41, 5.74) is 1.79. The van der Waals surface area contributed by atoms with Crippen LogP contribution in [0.25, 0.3) is 0 Å². The summed E-state index contributed by atoms with van der Waals surface area (Å²) in [6, 6.07) is 2.41. The van der Waals surface area contributed by atoms with Crippen LogP contribution >= 0.6 is 11.8 Å². The van der Waals surface area contributed by atoms with Crippen LogP contribution in [0.4, 0.5) is 4.39 Å². The number of amides is 1. The topological polar surface area (TPSA) is 102 Å². The van der Waals surface area contributed by atoms with Crippen molar-refractivity contribution in [3.8, 4) is 5.75 Å². The molecule has 0 aliphatic rings. The third-order valence-corrected chi connectivity index (χ3v) is 4.68. The molecular formula is C17H19FN2O5S. The minimum absolute atomic E-state index is 0.000711. The number of rotatable bonds is 8. The summed E-state index contributed by atoms with van der Waals surface area (Å²) in [6.07, 6.45) is 0. The number of thioether (sulfide) groups is 1. The van der Waals surface area contributed by atoms with E-state index in [9.17, 15) is 19.1 Å². The molecule has 0 aliphatic carbocycles. The van der Waals surface area contributed by atoms with Crippen LogP contribution in [0, 0.1) is 19.7 Å². The zero-order valence-corrected chi connectivity index (χ0v) is 15.4. The lowest BCUT2D eigenvalue weighted by atomic mass is 10.1. The standard InChI is InChI=1S/C17H19FN2O5S/c1-9-12(10(2)25-20-9)7-26-8-15(21)19-16(17(22)23)11-4-5-14(24-3)13(18)6-11/h4-6,16H,7-8H2,1-3H3,(H,19,21)(H,22,23). The van der Waals surface area contributed by atoms with Crippen LogP contribution in [0.2, 0.25) is 0 Å². The molecule has 26 heavy (non-hydrogen) atoms. The number of carbonyl (C=O) groups excluding carboxylic acids is 1. The Morgan fingerprint density at radius 2 is 2.15 bits per heavy atom. The van der Waals surface area contributed by atoms with Crippen molar-refractivity contribution in [3.05, 3.63) is 46.6 Å². The van der Waals surface area contributed by atoms with Gasteiger partial charge in [0.1, 0.15) is 5.76 Å². The highest BCUT2D eigenvalue weighted by atomic mass is 32.2. The first-order valence-electron chi connectivity index (χ1n) is 7.68. The van der Waals surface area contributed by atoms with Crippen molar-refractivity contribution in [3.63, 3.8) is 0 Å². The maximum absolute atomic E-state index is 13.8. The Balaban J connectivity index is 1.98. The van der Waals surface area contributed by atoms with Crippen LogP contribution < -0.4 is 10.1 Å².